The van der Waals surface area contributed by atoms with Gasteiger partial charge in [0.15, 0.2) is 0 Å². The van der Waals surface area contributed by atoms with E-state index in [4.69, 9.17) is 4.74 Å². The van der Waals surface area contributed by atoms with Crippen LogP contribution in [-0.2, 0) is 20.9 Å². The Morgan fingerprint density at radius 2 is 1.65 bits per heavy atom. The molecule has 0 unspecified atom stereocenters. The summed E-state index contributed by atoms with van der Waals surface area (Å²) in [6.45, 7) is 2.31. The van der Waals surface area contributed by atoms with Gasteiger partial charge in [-0.1, -0.05) is 60.7 Å². The molecule has 3 heterocycles. The number of amides is 3. The Morgan fingerprint density at radius 1 is 0.919 bits per heavy atom. The molecule has 0 saturated carbocycles. The Morgan fingerprint density at radius 3 is 2.49 bits per heavy atom. The monoisotopic (exact) mass is 511 g/mol. The first-order valence-electron chi connectivity index (χ1n) is 12.2. The molecule has 2 aliphatic rings. The highest BCUT2D eigenvalue weighted by Gasteiger charge is 2.37. The van der Waals surface area contributed by atoms with Crippen LogP contribution in [0.4, 0.5) is 4.79 Å². The minimum absolute atomic E-state index is 0.237. The van der Waals surface area contributed by atoms with Gasteiger partial charge >= 0.3 is 0 Å². The number of rotatable bonds is 5. The second-order valence-corrected chi connectivity index (χ2v) is 10.1. The lowest BCUT2D eigenvalue weighted by atomic mass is 10.0. The molecule has 7 nitrogen and oxygen atoms in total. The third-order valence-corrected chi connectivity index (χ3v) is 7.76. The molecule has 0 spiro atoms. The number of thioether (sulfide) groups is 1. The van der Waals surface area contributed by atoms with E-state index in [-0.39, 0.29) is 12.5 Å². The number of benzene rings is 3. The van der Waals surface area contributed by atoms with Gasteiger partial charge < -0.3 is 14.2 Å². The number of imide groups is 1. The summed E-state index contributed by atoms with van der Waals surface area (Å²) in [4.78, 5) is 41.5. The minimum Gasteiger partial charge on any atom is -0.378 e. The van der Waals surface area contributed by atoms with Crippen molar-refractivity contribution >= 4 is 56.6 Å². The molecule has 37 heavy (non-hydrogen) atoms. The molecule has 4 aromatic rings. The Balaban J connectivity index is 1.29. The molecule has 2 saturated heterocycles. The van der Waals surface area contributed by atoms with Crippen molar-refractivity contribution in [1.29, 1.82) is 0 Å². The van der Waals surface area contributed by atoms with Crippen molar-refractivity contribution in [2.24, 2.45) is 0 Å². The molecule has 3 amide bonds. The van der Waals surface area contributed by atoms with Crippen LogP contribution in [0.2, 0.25) is 0 Å². The van der Waals surface area contributed by atoms with Crippen LogP contribution in [0.25, 0.3) is 27.8 Å². The Bertz CT molecular complexity index is 1560. The van der Waals surface area contributed by atoms with E-state index in [0.29, 0.717) is 37.8 Å². The van der Waals surface area contributed by atoms with Crippen LogP contribution >= 0.6 is 11.8 Å². The maximum absolute atomic E-state index is 13.1. The fraction of sp³-hybridized carbons (Fsp3) is 0.207. The molecule has 2 fully saturated rings. The van der Waals surface area contributed by atoms with Crippen LogP contribution in [-0.4, -0.2) is 64.3 Å². The van der Waals surface area contributed by atoms with Gasteiger partial charge in [0.05, 0.1) is 18.1 Å². The van der Waals surface area contributed by atoms with Crippen molar-refractivity contribution in [3.05, 3.63) is 89.0 Å². The average molecular weight is 512 g/mol. The van der Waals surface area contributed by atoms with E-state index in [0.717, 1.165) is 33.1 Å². The lowest BCUT2D eigenvalue weighted by Crippen LogP contribution is -2.46. The molecule has 0 bridgehead atoms. The first-order chi connectivity index (χ1) is 18.1. The van der Waals surface area contributed by atoms with Crippen LogP contribution in [0.3, 0.4) is 0 Å². The third-order valence-electron chi connectivity index (χ3n) is 6.86. The first kappa shape index (κ1) is 23.5. The molecule has 3 aromatic carbocycles. The van der Waals surface area contributed by atoms with Gasteiger partial charge in [0.1, 0.15) is 6.54 Å². The summed E-state index contributed by atoms with van der Waals surface area (Å²) in [7, 11) is 0. The predicted molar refractivity (Wildman–Crippen MR) is 145 cm³/mol. The number of carbonyl (C=O) groups excluding carboxylic acids is 3. The van der Waals surface area contributed by atoms with Gasteiger partial charge in [-0.25, -0.2) is 0 Å². The molecule has 0 aliphatic carbocycles. The average Bonchev–Trinajstić information content (AvgIpc) is 3.41. The number of aromatic nitrogens is 1. The van der Waals surface area contributed by atoms with Gasteiger partial charge in [-0.15, -0.1) is 0 Å². The van der Waals surface area contributed by atoms with Gasteiger partial charge in [0.25, 0.3) is 11.1 Å². The molecule has 186 valence electrons. The first-order valence-corrected chi connectivity index (χ1v) is 13.1. The summed E-state index contributed by atoms with van der Waals surface area (Å²) < 4.78 is 7.46. The molecule has 0 atom stereocenters. The summed E-state index contributed by atoms with van der Waals surface area (Å²) in [5.74, 6) is -0.666. The lowest BCUT2D eigenvalue weighted by Gasteiger charge is -2.28. The van der Waals surface area contributed by atoms with Gasteiger partial charge in [-0.2, -0.15) is 0 Å². The highest BCUT2D eigenvalue weighted by atomic mass is 32.2. The van der Waals surface area contributed by atoms with E-state index >= 15 is 0 Å². The standard InChI is InChI=1S/C29H25N3O4S/c33-27(30-12-14-36-15-13-30)19-32-28(34)26(37-29(32)35)16-22-18-31(25-11-4-3-10-24(22)25)17-21-8-5-7-20-6-1-2-9-23(20)21/h1-11,16,18H,12-15,17,19H2/b26-16-. The van der Waals surface area contributed by atoms with Crippen molar-refractivity contribution in [3.63, 3.8) is 0 Å². The number of para-hydroxylation sites is 1. The zero-order chi connectivity index (χ0) is 25.4. The SMILES string of the molecule is O=C(CN1C(=O)S/C(=C\c2cn(Cc3cccc4ccccc34)c3ccccc23)C1=O)N1CCOCC1. The van der Waals surface area contributed by atoms with E-state index in [1.807, 2.05) is 36.5 Å². The molecule has 2 aliphatic heterocycles. The number of fused-ring (bicyclic) bond motifs is 2. The number of carbonyl (C=O) groups is 3. The summed E-state index contributed by atoms with van der Waals surface area (Å²) >= 11 is 0.883. The molecular formula is C29H25N3O4S. The largest absolute Gasteiger partial charge is 0.378 e. The van der Waals surface area contributed by atoms with Crippen molar-refractivity contribution < 1.29 is 19.1 Å². The third kappa shape index (κ3) is 4.54. The number of morpholine rings is 1. The van der Waals surface area contributed by atoms with E-state index in [1.165, 1.54) is 16.3 Å². The van der Waals surface area contributed by atoms with Gasteiger partial charge in [-0.05, 0) is 40.2 Å². The maximum Gasteiger partial charge on any atom is 0.294 e. The van der Waals surface area contributed by atoms with E-state index in [1.54, 1.807) is 11.0 Å². The van der Waals surface area contributed by atoms with Crippen LogP contribution in [0.15, 0.2) is 77.8 Å². The number of ether oxygens (including phenoxy) is 1. The predicted octanol–water partition coefficient (Wildman–Crippen LogP) is 4.74. The normalized spacial score (nSPS) is 17.5. The maximum atomic E-state index is 13.1. The minimum atomic E-state index is -0.428. The highest BCUT2D eigenvalue weighted by molar-refractivity contribution is 8.18. The van der Waals surface area contributed by atoms with Crippen molar-refractivity contribution in [2.45, 2.75) is 6.54 Å². The Labute approximate surface area is 218 Å². The number of nitrogens with zero attached hydrogens (tertiary/aromatic N) is 3. The molecular weight excluding hydrogens is 486 g/mol. The Hall–Kier alpha value is -3.88. The zero-order valence-corrected chi connectivity index (χ0v) is 20.9. The van der Waals surface area contributed by atoms with E-state index < -0.39 is 11.1 Å². The summed E-state index contributed by atoms with van der Waals surface area (Å²) in [6, 6.07) is 22.7. The molecule has 8 heteroatoms. The van der Waals surface area contributed by atoms with Gasteiger partial charge in [0, 0.05) is 42.3 Å². The summed E-state index contributed by atoms with van der Waals surface area (Å²) in [5, 5.41) is 2.98. The number of hydrogen-bond acceptors (Lipinski definition) is 5. The van der Waals surface area contributed by atoms with Crippen molar-refractivity contribution in [3.8, 4) is 0 Å². The molecule has 6 rings (SSSR count). The Kier molecular flexibility index (Phi) is 6.28. The van der Waals surface area contributed by atoms with Crippen LogP contribution in [0.5, 0.6) is 0 Å². The molecule has 1 aromatic heterocycles. The van der Waals surface area contributed by atoms with E-state index in [2.05, 4.69) is 41.0 Å². The topological polar surface area (TPSA) is 71.9 Å². The highest BCUT2D eigenvalue weighted by Crippen LogP contribution is 2.34. The van der Waals surface area contributed by atoms with Gasteiger partial charge in [-0.3, -0.25) is 19.3 Å². The molecule has 0 N–H and O–H groups in total. The smallest absolute Gasteiger partial charge is 0.294 e. The summed E-state index contributed by atoms with van der Waals surface area (Å²) in [5.41, 5.74) is 3.11. The van der Waals surface area contributed by atoms with Crippen molar-refractivity contribution in [2.75, 3.05) is 32.8 Å². The second-order valence-electron chi connectivity index (χ2n) is 9.13. The zero-order valence-electron chi connectivity index (χ0n) is 20.1. The van der Waals surface area contributed by atoms with Gasteiger partial charge in [0.2, 0.25) is 5.91 Å². The fourth-order valence-corrected chi connectivity index (χ4v) is 5.79. The number of hydrogen-bond donors (Lipinski definition) is 0. The second kappa shape index (κ2) is 9.88. The van der Waals surface area contributed by atoms with E-state index in [9.17, 15) is 14.4 Å². The fourth-order valence-electron chi connectivity index (χ4n) is 4.96. The van der Waals surface area contributed by atoms with Crippen LogP contribution < -0.4 is 0 Å². The van der Waals surface area contributed by atoms with Crippen LogP contribution in [0, 0.1) is 0 Å². The van der Waals surface area contributed by atoms with Crippen LogP contribution in [0.1, 0.15) is 11.1 Å². The summed E-state index contributed by atoms with van der Waals surface area (Å²) in [6.07, 6.45) is 3.80. The lowest BCUT2D eigenvalue weighted by molar-refractivity contribution is -0.139. The molecule has 0 radical (unpaired) electrons. The quantitative estimate of drug-likeness (QED) is 0.362. The van der Waals surface area contributed by atoms with Crippen molar-refractivity contribution in [1.82, 2.24) is 14.4 Å².